The number of aromatic nitrogens is 2. The van der Waals surface area contributed by atoms with Crippen molar-refractivity contribution in [2.75, 3.05) is 13.1 Å². The van der Waals surface area contributed by atoms with Gasteiger partial charge in [-0.3, -0.25) is 9.78 Å². The molecule has 0 radical (unpaired) electrons. The van der Waals surface area contributed by atoms with Crippen LogP contribution in [-0.4, -0.2) is 47.0 Å². The summed E-state index contributed by atoms with van der Waals surface area (Å²) < 4.78 is 31.9. The molecule has 0 bridgehead atoms. The maximum atomic E-state index is 12.9. The number of aliphatic carboxylic acids is 1. The second-order valence-corrected chi connectivity index (χ2v) is 7.69. The molecule has 2 aromatic rings. The van der Waals surface area contributed by atoms with Crippen LogP contribution < -0.4 is 0 Å². The first-order valence-corrected chi connectivity index (χ1v) is 8.82. The molecule has 1 saturated heterocycles. The minimum atomic E-state index is -3.87. The monoisotopic (exact) mass is 351 g/mol. The largest absolute Gasteiger partial charge is 0.481 e. The second-order valence-electron chi connectivity index (χ2n) is 5.81. The summed E-state index contributed by atoms with van der Waals surface area (Å²) in [6, 6.07) is 3.47. The third kappa shape index (κ3) is 2.69. The van der Waals surface area contributed by atoms with Crippen LogP contribution in [0.25, 0.3) is 0 Å². The van der Waals surface area contributed by atoms with E-state index in [0.717, 1.165) is 0 Å². The molecule has 0 saturated carbocycles. The summed E-state index contributed by atoms with van der Waals surface area (Å²) in [6.07, 6.45) is 3.17. The summed E-state index contributed by atoms with van der Waals surface area (Å²) in [5, 5.41) is 13.2. The van der Waals surface area contributed by atoms with Crippen LogP contribution in [0.1, 0.15) is 22.9 Å². The number of hydrogen-bond acceptors (Lipinski definition) is 6. The standard InChI is InChI=1S/C15H17N3O5S/c1-9-14(10(2)23-17-9)24(21,22)18-7-12(13(8-18)15(19)20)11-4-3-5-16-6-11/h3-6,12-13H,7-8H2,1-2H3,(H,19,20)/t12-,13+/m0/s1. The Kier molecular flexibility index (Phi) is 4.14. The van der Waals surface area contributed by atoms with Gasteiger partial charge in [0.2, 0.25) is 10.0 Å². The van der Waals surface area contributed by atoms with E-state index in [1.54, 1.807) is 31.5 Å². The van der Waals surface area contributed by atoms with E-state index in [1.807, 2.05) is 0 Å². The lowest BCUT2D eigenvalue weighted by molar-refractivity contribution is -0.141. The lowest BCUT2D eigenvalue weighted by Gasteiger charge is -2.16. The molecule has 24 heavy (non-hydrogen) atoms. The van der Waals surface area contributed by atoms with Crippen molar-refractivity contribution in [2.24, 2.45) is 5.92 Å². The normalized spacial score (nSPS) is 21.9. The molecule has 1 N–H and O–H groups in total. The molecule has 0 amide bonds. The number of nitrogens with zero attached hydrogens (tertiary/aromatic N) is 3. The van der Waals surface area contributed by atoms with Gasteiger partial charge in [0, 0.05) is 31.4 Å². The molecule has 0 aliphatic carbocycles. The van der Waals surface area contributed by atoms with Crippen molar-refractivity contribution < 1.29 is 22.8 Å². The third-order valence-electron chi connectivity index (χ3n) is 4.28. The number of hydrogen-bond donors (Lipinski definition) is 1. The van der Waals surface area contributed by atoms with Gasteiger partial charge in [-0.25, -0.2) is 8.42 Å². The van der Waals surface area contributed by atoms with E-state index < -0.39 is 27.8 Å². The number of carboxylic acid groups (broad SMARTS) is 1. The van der Waals surface area contributed by atoms with Crippen molar-refractivity contribution in [3.63, 3.8) is 0 Å². The predicted octanol–water partition coefficient (Wildman–Crippen LogP) is 1.18. The predicted molar refractivity (Wildman–Crippen MR) is 82.8 cm³/mol. The topological polar surface area (TPSA) is 114 Å². The highest BCUT2D eigenvalue weighted by atomic mass is 32.2. The summed E-state index contributed by atoms with van der Waals surface area (Å²) in [6.45, 7) is 3.05. The number of aryl methyl sites for hydroxylation is 2. The molecular weight excluding hydrogens is 334 g/mol. The fourth-order valence-corrected chi connectivity index (χ4v) is 4.90. The lowest BCUT2D eigenvalue weighted by Crippen LogP contribution is -2.30. The van der Waals surface area contributed by atoms with Gasteiger partial charge in [0.1, 0.15) is 10.6 Å². The first kappa shape index (κ1) is 16.6. The maximum Gasteiger partial charge on any atom is 0.308 e. The molecule has 9 heteroatoms. The van der Waals surface area contributed by atoms with Gasteiger partial charge in [-0.2, -0.15) is 4.31 Å². The fourth-order valence-electron chi connectivity index (χ4n) is 3.12. The summed E-state index contributed by atoms with van der Waals surface area (Å²) >= 11 is 0. The van der Waals surface area contributed by atoms with E-state index in [1.165, 1.54) is 11.2 Å². The molecular formula is C15H17N3O5S. The molecule has 128 valence electrons. The van der Waals surface area contributed by atoms with Crippen molar-refractivity contribution in [3.05, 3.63) is 41.5 Å². The van der Waals surface area contributed by atoms with Crippen LogP contribution in [0.2, 0.25) is 0 Å². The van der Waals surface area contributed by atoms with Crippen LogP contribution in [0.5, 0.6) is 0 Å². The molecule has 0 unspecified atom stereocenters. The van der Waals surface area contributed by atoms with Crippen LogP contribution in [0.3, 0.4) is 0 Å². The quantitative estimate of drug-likeness (QED) is 0.879. The Morgan fingerprint density at radius 2 is 2.12 bits per heavy atom. The summed E-state index contributed by atoms with van der Waals surface area (Å²) in [5.41, 5.74) is 0.977. The average molecular weight is 351 g/mol. The van der Waals surface area contributed by atoms with Gasteiger partial charge >= 0.3 is 5.97 Å². The van der Waals surface area contributed by atoms with E-state index >= 15 is 0 Å². The zero-order chi connectivity index (χ0) is 17.5. The molecule has 0 aromatic carbocycles. The molecule has 1 aliphatic heterocycles. The van der Waals surface area contributed by atoms with Gasteiger partial charge in [-0.1, -0.05) is 11.2 Å². The Bertz CT molecular complexity index is 843. The van der Waals surface area contributed by atoms with Crippen LogP contribution in [-0.2, 0) is 14.8 Å². The van der Waals surface area contributed by atoms with Crippen molar-refractivity contribution in [2.45, 2.75) is 24.7 Å². The van der Waals surface area contributed by atoms with E-state index in [9.17, 15) is 18.3 Å². The van der Waals surface area contributed by atoms with Crippen molar-refractivity contribution in [3.8, 4) is 0 Å². The second kappa shape index (κ2) is 5.99. The smallest absolute Gasteiger partial charge is 0.308 e. The first-order valence-electron chi connectivity index (χ1n) is 7.38. The Morgan fingerprint density at radius 1 is 1.38 bits per heavy atom. The van der Waals surface area contributed by atoms with Gasteiger partial charge in [-0.05, 0) is 25.5 Å². The Balaban J connectivity index is 1.98. The third-order valence-corrected chi connectivity index (χ3v) is 6.36. The number of carboxylic acids is 1. The Morgan fingerprint density at radius 3 is 2.67 bits per heavy atom. The summed E-state index contributed by atoms with van der Waals surface area (Å²) in [4.78, 5) is 15.6. The minimum absolute atomic E-state index is 0.0125. The van der Waals surface area contributed by atoms with Crippen LogP contribution in [0.15, 0.2) is 33.9 Å². The molecule has 3 rings (SSSR count). The highest BCUT2D eigenvalue weighted by Crippen LogP contribution is 2.36. The highest BCUT2D eigenvalue weighted by Gasteiger charge is 2.45. The summed E-state index contributed by atoms with van der Waals surface area (Å²) in [5.74, 6) is -2.11. The van der Waals surface area contributed by atoms with Crippen molar-refractivity contribution >= 4 is 16.0 Å². The number of rotatable bonds is 4. The van der Waals surface area contributed by atoms with Gasteiger partial charge in [-0.15, -0.1) is 0 Å². The van der Waals surface area contributed by atoms with E-state index in [-0.39, 0.29) is 29.4 Å². The maximum absolute atomic E-state index is 12.9. The molecule has 2 atom stereocenters. The van der Waals surface area contributed by atoms with Crippen molar-refractivity contribution in [1.82, 2.24) is 14.4 Å². The van der Waals surface area contributed by atoms with Gasteiger partial charge in [0.15, 0.2) is 5.76 Å². The van der Waals surface area contributed by atoms with E-state index in [0.29, 0.717) is 5.56 Å². The van der Waals surface area contributed by atoms with E-state index in [2.05, 4.69) is 10.1 Å². The molecule has 1 fully saturated rings. The average Bonchev–Trinajstić information content (AvgIpc) is 3.13. The molecule has 1 aliphatic rings. The zero-order valence-electron chi connectivity index (χ0n) is 13.2. The summed E-state index contributed by atoms with van der Waals surface area (Å²) in [7, 11) is -3.87. The van der Waals surface area contributed by atoms with Crippen LogP contribution in [0.4, 0.5) is 0 Å². The molecule has 8 nitrogen and oxygen atoms in total. The van der Waals surface area contributed by atoms with Crippen LogP contribution >= 0.6 is 0 Å². The number of sulfonamides is 1. The zero-order valence-corrected chi connectivity index (χ0v) is 14.0. The SMILES string of the molecule is Cc1noc(C)c1S(=O)(=O)N1C[C@@H](C(=O)O)[C@H](c2cccnc2)C1. The molecule has 3 heterocycles. The van der Waals surface area contributed by atoms with Crippen LogP contribution in [0, 0.1) is 19.8 Å². The van der Waals surface area contributed by atoms with Gasteiger partial charge in [0.05, 0.1) is 5.92 Å². The molecule has 2 aromatic heterocycles. The Hall–Kier alpha value is -2.26. The van der Waals surface area contributed by atoms with Crippen molar-refractivity contribution in [1.29, 1.82) is 0 Å². The lowest BCUT2D eigenvalue weighted by atomic mass is 9.90. The Labute approximate surface area is 139 Å². The van der Waals surface area contributed by atoms with Gasteiger partial charge in [0.25, 0.3) is 0 Å². The van der Waals surface area contributed by atoms with E-state index in [4.69, 9.17) is 4.52 Å². The number of carbonyl (C=O) groups is 1. The van der Waals surface area contributed by atoms with Gasteiger partial charge < -0.3 is 9.63 Å². The first-order chi connectivity index (χ1) is 11.3. The molecule has 0 spiro atoms. The minimum Gasteiger partial charge on any atom is -0.481 e. The number of pyridine rings is 1. The highest BCUT2D eigenvalue weighted by molar-refractivity contribution is 7.89. The fraction of sp³-hybridized carbons (Fsp3) is 0.400.